The molecule has 1 amide bonds. The highest BCUT2D eigenvalue weighted by molar-refractivity contribution is 5.74. The zero-order chi connectivity index (χ0) is 10.6. The topological polar surface area (TPSA) is 40.5 Å². The van der Waals surface area contributed by atoms with Gasteiger partial charge in [0.25, 0.3) is 0 Å². The lowest BCUT2D eigenvalue weighted by Crippen LogP contribution is -2.48. The number of β-amino-alcohol motifs (C(OH)–C–C–N with tert-alkyl or cyclic N) is 1. The first-order chi connectivity index (χ1) is 5.79. The number of amides is 1. The normalized spacial score (nSPS) is 14.0. The molecule has 0 spiro atoms. The van der Waals surface area contributed by atoms with Crippen LogP contribution in [0.2, 0.25) is 0 Å². The summed E-state index contributed by atoms with van der Waals surface area (Å²) >= 11 is 0. The van der Waals surface area contributed by atoms with E-state index in [0.717, 1.165) is 0 Å². The summed E-state index contributed by atoms with van der Waals surface area (Å²) < 4.78 is 0. The van der Waals surface area contributed by atoms with Crippen molar-refractivity contribution in [2.75, 3.05) is 6.54 Å². The number of aliphatic hydroxyl groups is 1. The number of rotatable bonds is 3. The quantitative estimate of drug-likeness (QED) is 0.725. The summed E-state index contributed by atoms with van der Waals surface area (Å²) in [7, 11) is 0. The molecule has 0 unspecified atom stereocenters. The molecular weight excluding hydrogens is 166 g/mol. The smallest absolute Gasteiger partial charge is 0.219 e. The highest BCUT2D eigenvalue weighted by Gasteiger charge is 2.25. The van der Waals surface area contributed by atoms with Crippen LogP contribution < -0.4 is 0 Å². The van der Waals surface area contributed by atoms with E-state index in [9.17, 15) is 9.90 Å². The Balaban J connectivity index is 4.37. The predicted octanol–water partition coefficient (Wildman–Crippen LogP) is 1.40. The Kier molecular flexibility index (Phi) is 4.40. The minimum Gasteiger partial charge on any atom is -0.391 e. The average Bonchev–Trinajstić information content (AvgIpc) is 1.96. The second-order valence-corrected chi connectivity index (χ2v) is 4.36. The fourth-order valence-corrected chi connectivity index (χ4v) is 1.21. The van der Waals surface area contributed by atoms with E-state index in [1.165, 1.54) is 6.92 Å². The van der Waals surface area contributed by atoms with Gasteiger partial charge in [-0.2, -0.15) is 0 Å². The molecule has 78 valence electrons. The van der Waals surface area contributed by atoms with Crippen molar-refractivity contribution in [2.45, 2.75) is 52.7 Å². The molecule has 0 saturated heterocycles. The lowest BCUT2D eigenvalue weighted by molar-refractivity contribution is -0.135. The van der Waals surface area contributed by atoms with Crippen LogP contribution in [0.5, 0.6) is 0 Å². The monoisotopic (exact) mass is 187 g/mol. The molecule has 0 rings (SSSR count). The molecule has 13 heavy (non-hydrogen) atoms. The Hall–Kier alpha value is -0.570. The van der Waals surface area contributed by atoms with E-state index in [2.05, 4.69) is 0 Å². The van der Waals surface area contributed by atoms with Crippen LogP contribution in [-0.4, -0.2) is 34.1 Å². The highest BCUT2D eigenvalue weighted by atomic mass is 16.3. The summed E-state index contributed by atoms with van der Waals surface area (Å²) in [6, 6.07) is 0. The minimum atomic E-state index is -0.414. The van der Waals surface area contributed by atoms with E-state index in [1.54, 1.807) is 4.90 Å². The molecule has 1 N–H and O–H groups in total. The molecule has 1 atom stereocenters. The molecule has 0 saturated carbocycles. The number of nitrogens with zero attached hydrogens (tertiary/aromatic N) is 1. The van der Waals surface area contributed by atoms with Gasteiger partial charge in [-0.25, -0.2) is 0 Å². The van der Waals surface area contributed by atoms with Crippen molar-refractivity contribution < 1.29 is 9.90 Å². The van der Waals surface area contributed by atoms with Crippen LogP contribution in [0, 0.1) is 0 Å². The van der Waals surface area contributed by atoms with Gasteiger partial charge < -0.3 is 10.0 Å². The fraction of sp³-hybridized carbons (Fsp3) is 0.900. The molecular formula is C10H21NO2. The summed E-state index contributed by atoms with van der Waals surface area (Å²) in [5.74, 6) is 0.0139. The van der Waals surface area contributed by atoms with E-state index in [1.807, 2.05) is 27.7 Å². The predicted molar refractivity (Wildman–Crippen MR) is 53.4 cm³/mol. The molecule has 0 aliphatic carbocycles. The zero-order valence-electron chi connectivity index (χ0n) is 9.29. The Labute approximate surface area is 80.7 Å². The Morgan fingerprint density at radius 1 is 1.46 bits per heavy atom. The van der Waals surface area contributed by atoms with Gasteiger partial charge in [0.15, 0.2) is 0 Å². The van der Waals surface area contributed by atoms with Gasteiger partial charge in [0.2, 0.25) is 5.91 Å². The highest BCUT2D eigenvalue weighted by Crippen LogP contribution is 2.14. The molecule has 3 nitrogen and oxygen atoms in total. The third kappa shape index (κ3) is 4.27. The summed E-state index contributed by atoms with van der Waals surface area (Å²) in [4.78, 5) is 13.0. The van der Waals surface area contributed by atoms with Crippen molar-refractivity contribution in [3.63, 3.8) is 0 Å². The molecule has 0 bridgehead atoms. The summed E-state index contributed by atoms with van der Waals surface area (Å²) in [6.45, 7) is 9.78. The lowest BCUT2D eigenvalue weighted by Gasteiger charge is -2.36. The van der Waals surface area contributed by atoms with Crippen LogP contribution in [-0.2, 0) is 4.79 Å². The molecule has 0 aromatic heterocycles. The van der Waals surface area contributed by atoms with Gasteiger partial charge in [0.05, 0.1) is 6.10 Å². The lowest BCUT2D eigenvalue weighted by atomic mass is 10.0. The maximum absolute atomic E-state index is 11.3. The summed E-state index contributed by atoms with van der Waals surface area (Å²) in [5, 5.41) is 9.45. The molecule has 0 aromatic carbocycles. The van der Waals surface area contributed by atoms with Gasteiger partial charge in [-0.15, -0.1) is 0 Å². The summed E-state index contributed by atoms with van der Waals surface area (Å²) in [6.07, 6.45) is 0.267. The van der Waals surface area contributed by atoms with Gasteiger partial charge in [-0.05, 0) is 27.2 Å². The standard InChI is InChI=1S/C10H21NO2/c1-6-9(13)7-11(8(2)12)10(3,4)5/h9,13H,6-7H2,1-5H3/t9-/m1/s1. The Morgan fingerprint density at radius 3 is 2.15 bits per heavy atom. The van der Waals surface area contributed by atoms with Gasteiger partial charge in [-0.3, -0.25) is 4.79 Å². The largest absolute Gasteiger partial charge is 0.391 e. The average molecular weight is 187 g/mol. The van der Waals surface area contributed by atoms with Crippen molar-refractivity contribution in [1.29, 1.82) is 0 Å². The SMILES string of the molecule is CC[C@@H](O)CN(C(C)=O)C(C)(C)C. The molecule has 0 aromatic rings. The van der Waals surface area contributed by atoms with Crippen molar-refractivity contribution in [3.8, 4) is 0 Å². The third-order valence-corrected chi connectivity index (χ3v) is 2.05. The minimum absolute atomic E-state index is 0.0139. The van der Waals surface area contributed by atoms with Gasteiger partial charge >= 0.3 is 0 Å². The number of hydrogen-bond donors (Lipinski definition) is 1. The zero-order valence-corrected chi connectivity index (χ0v) is 9.29. The van der Waals surface area contributed by atoms with Crippen molar-refractivity contribution in [1.82, 2.24) is 4.90 Å². The second-order valence-electron chi connectivity index (χ2n) is 4.36. The molecule has 0 heterocycles. The molecule has 0 fully saturated rings. The van der Waals surface area contributed by atoms with Crippen LogP contribution in [0.4, 0.5) is 0 Å². The number of hydrogen-bond acceptors (Lipinski definition) is 2. The fourth-order valence-electron chi connectivity index (χ4n) is 1.21. The number of carbonyl (C=O) groups excluding carboxylic acids is 1. The van der Waals surface area contributed by atoms with Crippen LogP contribution in [0.25, 0.3) is 0 Å². The molecule has 3 heteroatoms. The van der Waals surface area contributed by atoms with Crippen LogP contribution in [0.1, 0.15) is 41.0 Å². The maximum Gasteiger partial charge on any atom is 0.219 e. The van der Waals surface area contributed by atoms with E-state index in [4.69, 9.17) is 0 Å². The molecule has 0 aliphatic heterocycles. The number of carbonyl (C=O) groups is 1. The van der Waals surface area contributed by atoms with Crippen LogP contribution >= 0.6 is 0 Å². The van der Waals surface area contributed by atoms with Crippen molar-refractivity contribution in [2.24, 2.45) is 0 Å². The molecule has 0 radical (unpaired) electrons. The maximum atomic E-state index is 11.3. The second kappa shape index (κ2) is 4.61. The van der Waals surface area contributed by atoms with Crippen molar-refractivity contribution in [3.05, 3.63) is 0 Å². The van der Waals surface area contributed by atoms with Crippen molar-refractivity contribution >= 4 is 5.91 Å². The van der Waals surface area contributed by atoms with E-state index in [-0.39, 0.29) is 11.4 Å². The summed E-state index contributed by atoms with van der Waals surface area (Å²) in [5.41, 5.74) is -0.206. The first-order valence-electron chi connectivity index (χ1n) is 4.75. The first kappa shape index (κ1) is 12.4. The van der Waals surface area contributed by atoms with E-state index >= 15 is 0 Å². The third-order valence-electron chi connectivity index (χ3n) is 2.05. The van der Waals surface area contributed by atoms with Crippen LogP contribution in [0.15, 0.2) is 0 Å². The van der Waals surface area contributed by atoms with Gasteiger partial charge in [0.1, 0.15) is 0 Å². The Bertz CT molecular complexity index is 172. The van der Waals surface area contributed by atoms with E-state index in [0.29, 0.717) is 13.0 Å². The Morgan fingerprint density at radius 2 is 1.92 bits per heavy atom. The van der Waals surface area contributed by atoms with Crippen LogP contribution in [0.3, 0.4) is 0 Å². The molecule has 0 aliphatic rings. The van der Waals surface area contributed by atoms with Gasteiger partial charge in [-0.1, -0.05) is 6.92 Å². The first-order valence-corrected chi connectivity index (χ1v) is 4.75. The van der Waals surface area contributed by atoms with E-state index < -0.39 is 6.10 Å². The number of aliphatic hydroxyl groups excluding tert-OH is 1. The van der Waals surface area contributed by atoms with Gasteiger partial charge in [0, 0.05) is 19.0 Å².